The van der Waals surface area contributed by atoms with Crippen LogP contribution in [-0.4, -0.2) is 60.1 Å². The molecule has 0 bridgehead atoms. The lowest BCUT2D eigenvalue weighted by atomic mass is 10.1. The Labute approximate surface area is 221 Å². The molecule has 0 aromatic heterocycles. The van der Waals surface area contributed by atoms with Crippen molar-refractivity contribution in [2.45, 2.75) is 11.8 Å². The van der Waals surface area contributed by atoms with E-state index >= 15 is 0 Å². The fourth-order valence-corrected chi connectivity index (χ4v) is 4.99. The lowest BCUT2D eigenvalue weighted by molar-refractivity contribution is -0.119. The van der Waals surface area contributed by atoms with Gasteiger partial charge in [-0.3, -0.25) is 9.10 Å². The van der Waals surface area contributed by atoms with Crippen LogP contribution in [0.4, 0.5) is 5.69 Å². The molecular formula is C26H29N3O8S. The van der Waals surface area contributed by atoms with Crippen LogP contribution in [0.1, 0.15) is 12.5 Å². The van der Waals surface area contributed by atoms with E-state index in [2.05, 4.69) is 10.5 Å². The van der Waals surface area contributed by atoms with Crippen LogP contribution in [0.5, 0.6) is 28.7 Å². The van der Waals surface area contributed by atoms with E-state index in [0.29, 0.717) is 22.8 Å². The average molecular weight is 544 g/mol. The number of amides is 1. The molecule has 0 aliphatic heterocycles. The highest BCUT2D eigenvalue weighted by molar-refractivity contribution is 7.92. The van der Waals surface area contributed by atoms with Crippen molar-refractivity contribution < 1.29 is 37.3 Å². The Hall–Kier alpha value is -4.45. The van der Waals surface area contributed by atoms with E-state index in [-0.39, 0.29) is 27.8 Å². The number of phenolic OH excluding ortho intramolecular Hbond substituents is 1. The van der Waals surface area contributed by atoms with Crippen molar-refractivity contribution in [3.8, 4) is 28.7 Å². The molecule has 0 saturated carbocycles. The molecule has 12 heteroatoms. The molecule has 0 unspecified atom stereocenters. The summed E-state index contributed by atoms with van der Waals surface area (Å²) in [4.78, 5) is 12.8. The third-order valence-electron chi connectivity index (χ3n) is 5.53. The average Bonchev–Trinajstić information content (AvgIpc) is 2.93. The molecule has 202 valence electrons. The van der Waals surface area contributed by atoms with Gasteiger partial charge in [0.1, 0.15) is 23.8 Å². The van der Waals surface area contributed by atoms with Crippen LogP contribution in [0.3, 0.4) is 0 Å². The molecule has 11 nitrogen and oxygen atoms in total. The van der Waals surface area contributed by atoms with Gasteiger partial charge in [0.05, 0.1) is 44.7 Å². The normalized spacial score (nSPS) is 11.4. The zero-order valence-electron chi connectivity index (χ0n) is 21.6. The monoisotopic (exact) mass is 543 g/mol. The number of hydrazone groups is 1. The first kappa shape index (κ1) is 28.1. The Morgan fingerprint density at radius 1 is 0.895 bits per heavy atom. The van der Waals surface area contributed by atoms with Crippen LogP contribution in [0, 0.1) is 0 Å². The number of sulfonamides is 1. The molecule has 0 radical (unpaired) electrons. The lowest BCUT2D eigenvalue weighted by Crippen LogP contribution is -2.40. The molecule has 3 rings (SSSR count). The number of hydrogen-bond donors (Lipinski definition) is 2. The molecular weight excluding hydrogens is 514 g/mol. The Bertz CT molecular complexity index is 1440. The summed E-state index contributed by atoms with van der Waals surface area (Å²) in [6.45, 7) is 0.941. The predicted octanol–water partition coefficient (Wildman–Crippen LogP) is 3.16. The maximum atomic E-state index is 13.9. The third kappa shape index (κ3) is 6.09. The highest BCUT2D eigenvalue weighted by Gasteiger charge is 2.31. The standard InChI is InChI=1S/C26H29N3O8S/c1-17(20-8-6-7-9-22(20)30)27-28-26(31)16-29(21-14-18(34-2)10-12-23(21)35-3)38(32,33)19-11-13-24(36-4)25(15-19)37-5/h6-15,30H,16H2,1-5H3,(H,28,31)/b27-17-. The summed E-state index contributed by atoms with van der Waals surface area (Å²) in [7, 11) is 1.28. The first-order chi connectivity index (χ1) is 18.2. The molecule has 0 atom stereocenters. The Kier molecular flexibility index (Phi) is 9.02. The minimum Gasteiger partial charge on any atom is -0.507 e. The van der Waals surface area contributed by atoms with Crippen LogP contribution < -0.4 is 28.7 Å². The summed E-state index contributed by atoms with van der Waals surface area (Å²) < 4.78 is 49.8. The minimum atomic E-state index is -4.35. The SMILES string of the molecule is COc1ccc(OC)c(N(CC(=O)N/N=C(/C)c2ccccc2O)S(=O)(=O)c2ccc(OC)c(OC)c2)c1. The fraction of sp³-hybridized carbons (Fsp3) is 0.231. The molecule has 0 aliphatic rings. The molecule has 2 N–H and O–H groups in total. The number of para-hydroxylation sites is 1. The largest absolute Gasteiger partial charge is 0.507 e. The van der Waals surface area contributed by atoms with Gasteiger partial charge in [-0.25, -0.2) is 13.8 Å². The number of nitrogens with one attached hydrogen (secondary N) is 1. The summed E-state index contributed by atoms with van der Waals surface area (Å²) >= 11 is 0. The first-order valence-corrected chi connectivity index (χ1v) is 12.7. The van der Waals surface area contributed by atoms with Crippen molar-refractivity contribution in [1.82, 2.24) is 5.43 Å². The summed E-state index contributed by atoms with van der Waals surface area (Å²) in [5.74, 6) is 0.316. The predicted molar refractivity (Wildman–Crippen MR) is 142 cm³/mol. The van der Waals surface area contributed by atoms with E-state index in [1.807, 2.05) is 0 Å². The van der Waals surface area contributed by atoms with Gasteiger partial charge in [0.25, 0.3) is 15.9 Å². The number of methoxy groups -OCH3 is 4. The molecule has 3 aromatic carbocycles. The maximum Gasteiger partial charge on any atom is 0.265 e. The van der Waals surface area contributed by atoms with Gasteiger partial charge in [0.15, 0.2) is 11.5 Å². The summed E-state index contributed by atoms with van der Waals surface area (Å²) in [5.41, 5.74) is 3.16. The van der Waals surface area contributed by atoms with Gasteiger partial charge in [-0.2, -0.15) is 5.10 Å². The number of anilines is 1. The van der Waals surface area contributed by atoms with Crippen molar-refractivity contribution in [3.05, 3.63) is 66.2 Å². The molecule has 0 saturated heterocycles. The molecule has 0 aliphatic carbocycles. The van der Waals surface area contributed by atoms with Gasteiger partial charge in [-0.05, 0) is 43.3 Å². The Morgan fingerprint density at radius 2 is 1.55 bits per heavy atom. The van der Waals surface area contributed by atoms with Crippen molar-refractivity contribution >= 4 is 27.3 Å². The zero-order chi connectivity index (χ0) is 27.9. The smallest absolute Gasteiger partial charge is 0.265 e. The summed E-state index contributed by atoms with van der Waals surface area (Å²) in [6, 6.07) is 15.2. The van der Waals surface area contributed by atoms with Crippen molar-refractivity contribution in [3.63, 3.8) is 0 Å². The van der Waals surface area contributed by atoms with Crippen molar-refractivity contribution in [2.24, 2.45) is 5.10 Å². The number of benzene rings is 3. The van der Waals surface area contributed by atoms with Crippen LogP contribution >= 0.6 is 0 Å². The van der Waals surface area contributed by atoms with E-state index in [0.717, 1.165) is 4.31 Å². The van der Waals surface area contributed by atoms with Gasteiger partial charge in [-0.1, -0.05) is 12.1 Å². The lowest BCUT2D eigenvalue weighted by Gasteiger charge is -2.26. The second-order valence-corrected chi connectivity index (χ2v) is 9.68. The van der Waals surface area contributed by atoms with Gasteiger partial charge in [-0.15, -0.1) is 0 Å². The van der Waals surface area contributed by atoms with E-state index in [4.69, 9.17) is 18.9 Å². The van der Waals surface area contributed by atoms with Crippen LogP contribution in [-0.2, 0) is 14.8 Å². The Morgan fingerprint density at radius 3 is 2.18 bits per heavy atom. The molecule has 1 amide bonds. The minimum absolute atomic E-state index is 0.0122. The maximum absolute atomic E-state index is 13.9. The highest BCUT2D eigenvalue weighted by atomic mass is 32.2. The van der Waals surface area contributed by atoms with Crippen LogP contribution in [0.25, 0.3) is 0 Å². The van der Waals surface area contributed by atoms with Gasteiger partial charge < -0.3 is 24.1 Å². The van der Waals surface area contributed by atoms with E-state index in [9.17, 15) is 18.3 Å². The van der Waals surface area contributed by atoms with Crippen molar-refractivity contribution in [1.29, 1.82) is 0 Å². The van der Waals surface area contributed by atoms with Crippen molar-refractivity contribution in [2.75, 3.05) is 39.3 Å². The van der Waals surface area contributed by atoms with E-state index in [1.54, 1.807) is 31.2 Å². The molecule has 3 aromatic rings. The zero-order valence-corrected chi connectivity index (χ0v) is 22.4. The van der Waals surface area contributed by atoms with Gasteiger partial charge in [0, 0.05) is 17.7 Å². The van der Waals surface area contributed by atoms with E-state index in [1.165, 1.54) is 64.8 Å². The number of ether oxygens (including phenoxy) is 4. The number of carbonyl (C=O) groups excluding carboxylic acids is 1. The number of carbonyl (C=O) groups is 1. The highest BCUT2D eigenvalue weighted by Crippen LogP contribution is 2.37. The third-order valence-corrected chi connectivity index (χ3v) is 7.28. The second kappa shape index (κ2) is 12.2. The summed E-state index contributed by atoms with van der Waals surface area (Å²) in [6.07, 6.45) is 0. The fourth-order valence-electron chi connectivity index (χ4n) is 3.55. The molecule has 0 heterocycles. The van der Waals surface area contributed by atoms with Crippen LogP contribution in [0.2, 0.25) is 0 Å². The quantitative estimate of drug-likeness (QED) is 0.278. The van der Waals surface area contributed by atoms with E-state index < -0.39 is 22.5 Å². The Balaban J connectivity index is 2.05. The number of hydrogen-bond acceptors (Lipinski definition) is 9. The summed E-state index contributed by atoms with van der Waals surface area (Å²) in [5, 5.41) is 14.1. The number of rotatable bonds is 11. The second-order valence-electron chi connectivity index (χ2n) is 7.82. The topological polar surface area (TPSA) is 136 Å². The molecule has 0 spiro atoms. The van der Waals surface area contributed by atoms with Gasteiger partial charge in [0.2, 0.25) is 0 Å². The van der Waals surface area contributed by atoms with Crippen LogP contribution in [0.15, 0.2) is 70.7 Å². The first-order valence-electron chi connectivity index (χ1n) is 11.2. The van der Waals surface area contributed by atoms with Gasteiger partial charge >= 0.3 is 0 Å². The molecule has 0 fully saturated rings. The molecule has 38 heavy (non-hydrogen) atoms. The number of nitrogens with zero attached hydrogens (tertiary/aromatic N) is 2. The number of aromatic hydroxyl groups is 1. The number of phenols is 1.